The minimum absolute atomic E-state index is 0.564. The van der Waals surface area contributed by atoms with Crippen molar-refractivity contribution in [3.05, 3.63) is 40.3 Å². The van der Waals surface area contributed by atoms with Crippen molar-refractivity contribution in [3.63, 3.8) is 0 Å². The molecule has 2 aromatic rings. The smallest absolute Gasteiger partial charge is 0.113 e. The van der Waals surface area contributed by atoms with E-state index in [1.54, 1.807) is 0 Å². The summed E-state index contributed by atoms with van der Waals surface area (Å²) < 4.78 is 3.46. The van der Waals surface area contributed by atoms with Gasteiger partial charge in [-0.3, -0.25) is 0 Å². The predicted molar refractivity (Wildman–Crippen MR) is 77.7 cm³/mol. The van der Waals surface area contributed by atoms with Crippen molar-refractivity contribution in [1.29, 1.82) is 0 Å². The van der Waals surface area contributed by atoms with Gasteiger partial charge in [0.1, 0.15) is 16.1 Å². The number of aryl methyl sites for hydroxylation is 1. The molecule has 0 saturated heterocycles. The second kappa shape index (κ2) is 4.54. The van der Waals surface area contributed by atoms with Crippen molar-refractivity contribution in [2.45, 2.75) is 39.2 Å². The van der Waals surface area contributed by atoms with Crippen molar-refractivity contribution < 1.29 is 0 Å². The minimum Gasteiger partial charge on any atom is -0.322 e. The van der Waals surface area contributed by atoms with E-state index < -0.39 is 0 Å². The second-order valence-corrected chi connectivity index (χ2v) is 5.92. The van der Waals surface area contributed by atoms with Crippen molar-refractivity contribution in [3.8, 4) is 11.3 Å². The Morgan fingerprint density at radius 2 is 2.00 bits per heavy atom. The SMILES string of the molecule is Cc1ccc(-c2nc3n(c2Br)CCCC3C)cc1. The topological polar surface area (TPSA) is 17.8 Å². The molecule has 0 bridgehead atoms. The third-order valence-corrected chi connectivity index (χ3v) is 4.52. The molecule has 3 heteroatoms. The van der Waals surface area contributed by atoms with Gasteiger partial charge in [-0.15, -0.1) is 0 Å². The van der Waals surface area contributed by atoms with Crippen LogP contribution in [0.15, 0.2) is 28.9 Å². The van der Waals surface area contributed by atoms with E-state index in [4.69, 9.17) is 4.98 Å². The Balaban J connectivity index is 2.10. The van der Waals surface area contributed by atoms with Crippen LogP contribution in [0, 0.1) is 6.92 Å². The molecule has 0 fully saturated rings. The molecule has 1 aromatic heterocycles. The fourth-order valence-corrected chi connectivity index (χ4v) is 3.29. The van der Waals surface area contributed by atoms with Crippen LogP contribution >= 0.6 is 15.9 Å². The van der Waals surface area contributed by atoms with Crippen molar-refractivity contribution in [2.75, 3.05) is 0 Å². The van der Waals surface area contributed by atoms with E-state index in [1.807, 2.05) is 0 Å². The standard InChI is InChI=1S/C15H17BrN2/c1-10-5-7-12(8-6-10)13-14(16)18-9-3-4-11(2)15(18)17-13/h5-8,11H,3-4,9H2,1-2H3. The van der Waals surface area contributed by atoms with E-state index in [-0.39, 0.29) is 0 Å². The first-order valence-corrected chi connectivity index (χ1v) is 7.29. The van der Waals surface area contributed by atoms with Crippen LogP contribution in [0.1, 0.15) is 37.1 Å². The van der Waals surface area contributed by atoms with Crippen molar-refractivity contribution in [1.82, 2.24) is 9.55 Å². The lowest BCUT2D eigenvalue weighted by Crippen LogP contribution is -2.13. The van der Waals surface area contributed by atoms with Crippen LogP contribution < -0.4 is 0 Å². The normalized spacial score (nSPS) is 18.7. The predicted octanol–water partition coefficient (Wildman–Crippen LogP) is 4.52. The number of nitrogens with zero attached hydrogens (tertiary/aromatic N) is 2. The zero-order valence-corrected chi connectivity index (χ0v) is 12.4. The minimum atomic E-state index is 0.564. The highest BCUT2D eigenvalue weighted by Gasteiger charge is 2.23. The molecule has 1 unspecified atom stereocenters. The number of imidazole rings is 1. The number of hydrogen-bond donors (Lipinski definition) is 0. The quantitative estimate of drug-likeness (QED) is 0.757. The van der Waals surface area contributed by atoms with Gasteiger partial charge in [-0.1, -0.05) is 36.8 Å². The van der Waals surface area contributed by atoms with E-state index in [1.165, 1.54) is 29.8 Å². The summed E-state index contributed by atoms with van der Waals surface area (Å²) in [4.78, 5) is 4.85. The summed E-state index contributed by atoms with van der Waals surface area (Å²) in [6.07, 6.45) is 2.49. The van der Waals surface area contributed by atoms with Gasteiger partial charge in [0.2, 0.25) is 0 Å². The van der Waals surface area contributed by atoms with Crippen LogP contribution in [0.25, 0.3) is 11.3 Å². The van der Waals surface area contributed by atoms with E-state index in [2.05, 4.69) is 58.6 Å². The number of fused-ring (bicyclic) bond motifs is 1. The van der Waals surface area contributed by atoms with Gasteiger partial charge in [0.25, 0.3) is 0 Å². The van der Waals surface area contributed by atoms with Crippen LogP contribution in [0.5, 0.6) is 0 Å². The third kappa shape index (κ3) is 1.91. The third-order valence-electron chi connectivity index (χ3n) is 3.72. The molecule has 2 heterocycles. The summed E-state index contributed by atoms with van der Waals surface area (Å²) >= 11 is 3.72. The number of rotatable bonds is 1. The second-order valence-electron chi connectivity index (χ2n) is 5.17. The largest absolute Gasteiger partial charge is 0.322 e. The lowest BCUT2D eigenvalue weighted by Gasteiger charge is -2.20. The molecule has 0 N–H and O–H groups in total. The maximum atomic E-state index is 4.85. The first-order valence-electron chi connectivity index (χ1n) is 6.50. The van der Waals surface area contributed by atoms with E-state index in [0.29, 0.717) is 5.92 Å². The van der Waals surface area contributed by atoms with E-state index in [9.17, 15) is 0 Å². The van der Waals surface area contributed by atoms with Crippen molar-refractivity contribution >= 4 is 15.9 Å². The lowest BCUT2D eigenvalue weighted by atomic mass is 10.0. The molecular formula is C15H17BrN2. The maximum absolute atomic E-state index is 4.85. The van der Waals surface area contributed by atoms with Gasteiger partial charge < -0.3 is 4.57 Å². The molecule has 1 aliphatic heterocycles. The molecule has 0 saturated carbocycles. The Morgan fingerprint density at radius 1 is 1.28 bits per heavy atom. The number of halogens is 1. The maximum Gasteiger partial charge on any atom is 0.113 e. The first-order chi connectivity index (χ1) is 8.66. The highest BCUT2D eigenvalue weighted by atomic mass is 79.9. The molecule has 18 heavy (non-hydrogen) atoms. The summed E-state index contributed by atoms with van der Waals surface area (Å²) in [5.74, 6) is 1.79. The molecule has 1 atom stereocenters. The number of hydrogen-bond acceptors (Lipinski definition) is 1. The van der Waals surface area contributed by atoms with Gasteiger partial charge >= 0.3 is 0 Å². The molecule has 0 aliphatic carbocycles. The van der Waals surface area contributed by atoms with Gasteiger partial charge in [-0.2, -0.15) is 0 Å². The van der Waals surface area contributed by atoms with Crippen molar-refractivity contribution in [2.24, 2.45) is 0 Å². The Hall–Kier alpha value is -1.09. The Bertz CT molecular complexity index is 569. The van der Waals surface area contributed by atoms with E-state index >= 15 is 0 Å². The summed E-state index contributed by atoms with van der Waals surface area (Å²) in [6.45, 7) is 5.46. The van der Waals surface area contributed by atoms with E-state index in [0.717, 1.165) is 16.8 Å². The summed E-state index contributed by atoms with van der Waals surface area (Å²) in [5.41, 5.74) is 3.56. The van der Waals surface area contributed by atoms with Gasteiger partial charge in [0, 0.05) is 18.0 Å². The average molecular weight is 305 g/mol. The summed E-state index contributed by atoms with van der Waals surface area (Å²) in [6, 6.07) is 8.59. The number of benzene rings is 1. The Kier molecular flexibility index (Phi) is 3.02. The lowest BCUT2D eigenvalue weighted by molar-refractivity contribution is 0.459. The first kappa shape index (κ1) is 12.0. The molecule has 2 nitrogen and oxygen atoms in total. The Morgan fingerprint density at radius 3 is 2.67 bits per heavy atom. The molecule has 0 radical (unpaired) electrons. The zero-order chi connectivity index (χ0) is 12.7. The van der Waals surface area contributed by atoms with Crippen LogP contribution in [-0.2, 0) is 6.54 Å². The van der Waals surface area contributed by atoms with Crippen LogP contribution in [0.2, 0.25) is 0 Å². The van der Waals surface area contributed by atoms with Crippen LogP contribution in [0.3, 0.4) is 0 Å². The average Bonchev–Trinajstić information content (AvgIpc) is 2.70. The molecule has 1 aromatic carbocycles. The molecular weight excluding hydrogens is 288 g/mol. The fourth-order valence-electron chi connectivity index (χ4n) is 2.62. The molecule has 3 rings (SSSR count). The molecule has 0 spiro atoms. The van der Waals surface area contributed by atoms with Crippen LogP contribution in [0.4, 0.5) is 0 Å². The Labute approximate surface area is 116 Å². The summed E-state index contributed by atoms with van der Waals surface area (Å²) in [7, 11) is 0. The zero-order valence-electron chi connectivity index (χ0n) is 10.8. The monoisotopic (exact) mass is 304 g/mol. The fraction of sp³-hybridized carbons (Fsp3) is 0.400. The van der Waals surface area contributed by atoms with Gasteiger partial charge in [-0.05, 0) is 35.7 Å². The molecule has 0 amide bonds. The summed E-state index contributed by atoms with van der Waals surface area (Å²) in [5, 5.41) is 0. The van der Waals surface area contributed by atoms with Gasteiger partial charge in [0.15, 0.2) is 0 Å². The molecule has 1 aliphatic rings. The highest BCUT2D eigenvalue weighted by molar-refractivity contribution is 9.10. The highest BCUT2D eigenvalue weighted by Crippen LogP contribution is 2.35. The van der Waals surface area contributed by atoms with Gasteiger partial charge in [0.05, 0.1) is 0 Å². The van der Waals surface area contributed by atoms with Gasteiger partial charge in [-0.25, -0.2) is 4.98 Å². The molecule has 94 valence electrons. The number of aromatic nitrogens is 2. The van der Waals surface area contributed by atoms with Crippen LogP contribution in [-0.4, -0.2) is 9.55 Å².